The molecule has 110 valence electrons. The van der Waals surface area contributed by atoms with Crippen molar-refractivity contribution >= 4 is 17.6 Å². The molecule has 2 rings (SSSR count). The molecule has 0 radical (unpaired) electrons. The quantitative estimate of drug-likeness (QED) is 0.879. The minimum Gasteiger partial charge on any atom is -0.481 e. The average Bonchev–Trinajstić information content (AvgIpc) is 2.47. The van der Waals surface area contributed by atoms with Gasteiger partial charge in [0.1, 0.15) is 0 Å². The number of hydrogen-bond donors (Lipinski definition) is 2. The summed E-state index contributed by atoms with van der Waals surface area (Å²) >= 11 is 5.87. The summed E-state index contributed by atoms with van der Waals surface area (Å²) in [6.45, 7) is 1.82. The first kappa shape index (κ1) is 15.5. The lowest BCUT2D eigenvalue weighted by atomic mass is 9.92. The highest BCUT2D eigenvalue weighted by atomic mass is 35.5. The predicted octanol–water partition coefficient (Wildman–Crippen LogP) is 3.95. The SMILES string of the molecule is CC(c1ccc(-c2ccc(Cl)cc2)cc1)C(O)CC(=O)O. The van der Waals surface area contributed by atoms with E-state index in [1.807, 2.05) is 55.5 Å². The van der Waals surface area contributed by atoms with E-state index >= 15 is 0 Å². The van der Waals surface area contributed by atoms with E-state index in [9.17, 15) is 9.90 Å². The number of carboxylic acids is 1. The third kappa shape index (κ3) is 4.06. The Morgan fingerprint density at radius 3 is 2.00 bits per heavy atom. The van der Waals surface area contributed by atoms with Crippen LogP contribution in [0.4, 0.5) is 0 Å². The Kier molecular flexibility index (Phi) is 4.99. The normalized spacial score (nSPS) is 13.7. The van der Waals surface area contributed by atoms with Crippen molar-refractivity contribution < 1.29 is 15.0 Å². The van der Waals surface area contributed by atoms with Gasteiger partial charge < -0.3 is 10.2 Å². The van der Waals surface area contributed by atoms with E-state index in [0.29, 0.717) is 5.02 Å². The Bertz CT molecular complexity index is 605. The van der Waals surface area contributed by atoms with E-state index in [2.05, 4.69) is 0 Å². The summed E-state index contributed by atoms with van der Waals surface area (Å²) in [6.07, 6.45) is -1.14. The number of benzene rings is 2. The largest absolute Gasteiger partial charge is 0.481 e. The van der Waals surface area contributed by atoms with E-state index in [1.165, 1.54) is 0 Å². The Labute approximate surface area is 128 Å². The van der Waals surface area contributed by atoms with Crippen LogP contribution in [-0.2, 0) is 4.79 Å². The van der Waals surface area contributed by atoms with Crippen LogP contribution in [0.25, 0.3) is 11.1 Å². The summed E-state index contributed by atoms with van der Waals surface area (Å²) in [5.41, 5.74) is 3.03. The molecule has 0 aliphatic heterocycles. The molecule has 2 N–H and O–H groups in total. The fourth-order valence-corrected chi connectivity index (χ4v) is 2.33. The number of carbonyl (C=O) groups is 1. The minimum atomic E-state index is -0.993. The lowest BCUT2D eigenvalue weighted by Crippen LogP contribution is -2.19. The first-order valence-electron chi connectivity index (χ1n) is 6.73. The maximum atomic E-state index is 10.6. The lowest BCUT2D eigenvalue weighted by Gasteiger charge is -2.18. The summed E-state index contributed by atoms with van der Waals surface area (Å²) in [5, 5.41) is 19.3. The van der Waals surface area contributed by atoms with Crippen molar-refractivity contribution in [1.82, 2.24) is 0 Å². The van der Waals surface area contributed by atoms with Crippen LogP contribution in [0.15, 0.2) is 48.5 Å². The van der Waals surface area contributed by atoms with Gasteiger partial charge in [0.2, 0.25) is 0 Å². The third-order valence-electron chi connectivity index (χ3n) is 3.57. The van der Waals surface area contributed by atoms with Gasteiger partial charge in [-0.1, -0.05) is 54.9 Å². The first-order chi connectivity index (χ1) is 9.97. The van der Waals surface area contributed by atoms with E-state index < -0.39 is 12.1 Å². The van der Waals surface area contributed by atoms with Crippen molar-refractivity contribution in [2.45, 2.75) is 25.4 Å². The van der Waals surface area contributed by atoms with Gasteiger partial charge >= 0.3 is 5.97 Å². The number of halogens is 1. The monoisotopic (exact) mass is 304 g/mol. The van der Waals surface area contributed by atoms with Crippen molar-refractivity contribution in [2.75, 3.05) is 0 Å². The van der Waals surface area contributed by atoms with Crippen molar-refractivity contribution in [3.05, 3.63) is 59.1 Å². The number of hydrogen-bond acceptors (Lipinski definition) is 2. The highest BCUT2D eigenvalue weighted by molar-refractivity contribution is 6.30. The number of rotatable bonds is 5. The Morgan fingerprint density at radius 1 is 1.05 bits per heavy atom. The highest BCUT2D eigenvalue weighted by Gasteiger charge is 2.19. The van der Waals surface area contributed by atoms with Gasteiger partial charge in [-0.15, -0.1) is 0 Å². The molecule has 2 atom stereocenters. The number of aliphatic hydroxyl groups is 1. The van der Waals surface area contributed by atoms with Crippen LogP contribution in [0.5, 0.6) is 0 Å². The van der Waals surface area contributed by atoms with Gasteiger partial charge in [-0.25, -0.2) is 0 Å². The van der Waals surface area contributed by atoms with Crippen LogP contribution in [0, 0.1) is 0 Å². The number of aliphatic hydroxyl groups excluding tert-OH is 1. The Hall–Kier alpha value is -1.84. The van der Waals surface area contributed by atoms with Gasteiger partial charge in [0.25, 0.3) is 0 Å². The fourth-order valence-electron chi connectivity index (χ4n) is 2.20. The smallest absolute Gasteiger partial charge is 0.305 e. The zero-order valence-electron chi connectivity index (χ0n) is 11.7. The molecule has 4 heteroatoms. The van der Waals surface area contributed by atoms with Crippen molar-refractivity contribution in [1.29, 1.82) is 0 Å². The zero-order chi connectivity index (χ0) is 15.4. The molecule has 0 spiro atoms. The van der Waals surface area contributed by atoms with Crippen LogP contribution < -0.4 is 0 Å². The molecule has 21 heavy (non-hydrogen) atoms. The van der Waals surface area contributed by atoms with Gasteiger partial charge in [0.15, 0.2) is 0 Å². The van der Waals surface area contributed by atoms with Gasteiger partial charge in [0, 0.05) is 10.9 Å². The van der Waals surface area contributed by atoms with Crippen molar-refractivity contribution in [3.63, 3.8) is 0 Å². The predicted molar refractivity (Wildman–Crippen MR) is 83.6 cm³/mol. The molecular formula is C17H17ClO3. The molecule has 0 aliphatic rings. The summed E-state index contributed by atoms with van der Waals surface area (Å²) in [4.78, 5) is 10.6. The van der Waals surface area contributed by atoms with Crippen LogP contribution >= 0.6 is 11.6 Å². The molecule has 2 aromatic carbocycles. The van der Waals surface area contributed by atoms with E-state index in [-0.39, 0.29) is 12.3 Å². The summed E-state index contributed by atoms with van der Waals surface area (Å²) in [6, 6.07) is 15.3. The molecule has 0 aromatic heterocycles. The second-order valence-corrected chi connectivity index (χ2v) is 5.52. The second-order valence-electron chi connectivity index (χ2n) is 5.08. The maximum Gasteiger partial charge on any atom is 0.305 e. The Morgan fingerprint density at radius 2 is 1.52 bits per heavy atom. The van der Waals surface area contributed by atoms with E-state index in [0.717, 1.165) is 16.7 Å². The molecule has 0 saturated heterocycles. The molecule has 0 aliphatic carbocycles. The van der Waals surface area contributed by atoms with Crippen LogP contribution in [0.1, 0.15) is 24.8 Å². The van der Waals surface area contributed by atoms with Crippen LogP contribution in [-0.4, -0.2) is 22.3 Å². The summed E-state index contributed by atoms with van der Waals surface area (Å²) in [7, 11) is 0. The zero-order valence-corrected chi connectivity index (χ0v) is 12.4. The molecule has 2 unspecified atom stereocenters. The average molecular weight is 305 g/mol. The molecule has 0 amide bonds. The molecule has 3 nitrogen and oxygen atoms in total. The minimum absolute atomic E-state index is 0.222. The van der Waals surface area contributed by atoms with Crippen molar-refractivity contribution in [2.24, 2.45) is 0 Å². The maximum absolute atomic E-state index is 10.6. The molecule has 0 bridgehead atoms. The first-order valence-corrected chi connectivity index (χ1v) is 7.11. The van der Waals surface area contributed by atoms with E-state index in [4.69, 9.17) is 16.7 Å². The molecule has 0 saturated carbocycles. The number of carboxylic acid groups (broad SMARTS) is 1. The van der Waals surface area contributed by atoms with Crippen molar-refractivity contribution in [3.8, 4) is 11.1 Å². The topological polar surface area (TPSA) is 57.5 Å². The number of aliphatic carboxylic acids is 1. The molecular weight excluding hydrogens is 288 g/mol. The van der Waals surface area contributed by atoms with Gasteiger partial charge in [-0.3, -0.25) is 4.79 Å². The Balaban J connectivity index is 2.15. The summed E-state index contributed by atoms with van der Waals surface area (Å²) in [5.74, 6) is -1.22. The fraction of sp³-hybridized carbons (Fsp3) is 0.235. The second kappa shape index (κ2) is 6.74. The molecule has 2 aromatic rings. The molecule has 0 heterocycles. The van der Waals surface area contributed by atoms with Gasteiger partial charge in [-0.05, 0) is 28.8 Å². The lowest BCUT2D eigenvalue weighted by molar-refractivity contribution is -0.139. The molecule has 0 fully saturated rings. The van der Waals surface area contributed by atoms with Crippen LogP contribution in [0.3, 0.4) is 0 Å². The standard InChI is InChI=1S/C17H17ClO3/c1-11(16(19)10-17(20)21)12-2-4-13(5-3-12)14-6-8-15(18)9-7-14/h2-9,11,16,19H,10H2,1H3,(H,20,21). The third-order valence-corrected chi connectivity index (χ3v) is 3.83. The highest BCUT2D eigenvalue weighted by Crippen LogP contribution is 2.26. The van der Waals surface area contributed by atoms with Gasteiger partial charge in [0.05, 0.1) is 12.5 Å². The van der Waals surface area contributed by atoms with E-state index in [1.54, 1.807) is 0 Å². The van der Waals surface area contributed by atoms with Gasteiger partial charge in [-0.2, -0.15) is 0 Å². The van der Waals surface area contributed by atoms with Crippen LogP contribution in [0.2, 0.25) is 5.02 Å². The summed E-state index contributed by atoms with van der Waals surface area (Å²) < 4.78 is 0.